The van der Waals surface area contributed by atoms with E-state index in [1.54, 1.807) is 30.7 Å². The van der Waals surface area contributed by atoms with Crippen molar-refractivity contribution >= 4 is 5.97 Å². The Bertz CT molecular complexity index is 1080. The molecule has 0 saturated heterocycles. The van der Waals surface area contributed by atoms with E-state index >= 15 is 0 Å². The normalized spacial score (nSPS) is 41.2. The van der Waals surface area contributed by atoms with Crippen LogP contribution in [0.1, 0.15) is 115 Å². The van der Waals surface area contributed by atoms with E-state index < -0.39 is 5.97 Å². The summed E-state index contributed by atoms with van der Waals surface area (Å²) in [4.78, 5) is 10.4. The molecule has 0 amide bonds. The maximum Gasteiger partial charge on any atom is 0.335 e. The van der Waals surface area contributed by atoms with E-state index in [4.69, 9.17) is 10.8 Å². The fraction of sp³-hybridized carbons (Fsp3) is 0.743. The van der Waals surface area contributed by atoms with Crippen molar-refractivity contribution in [2.24, 2.45) is 57.5 Å². The number of carboxylic acids is 1. The Labute approximate surface area is 232 Å². The first-order valence-corrected chi connectivity index (χ1v) is 15.7. The summed E-state index contributed by atoms with van der Waals surface area (Å²) in [5.74, 6) is 4.36. The van der Waals surface area contributed by atoms with Gasteiger partial charge in [-0.3, -0.25) is 0 Å². The third-order valence-electron chi connectivity index (χ3n) is 12.9. The maximum atomic E-state index is 10.4. The summed E-state index contributed by atoms with van der Waals surface area (Å²) in [6, 6.07) is 7.25. The van der Waals surface area contributed by atoms with Crippen molar-refractivity contribution in [3.63, 3.8) is 0 Å². The summed E-state index contributed by atoms with van der Waals surface area (Å²) in [6.45, 7) is 14.6. The van der Waals surface area contributed by atoms with Gasteiger partial charge in [-0.25, -0.2) is 4.79 Å². The highest BCUT2D eigenvalue weighted by Crippen LogP contribution is 2.77. The van der Waals surface area contributed by atoms with Gasteiger partial charge in [0.2, 0.25) is 0 Å². The molecule has 8 bridgehead atoms. The molecule has 0 radical (unpaired) electrons. The second kappa shape index (κ2) is 10.1. The topological polar surface area (TPSA) is 63.3 Å². The van der Waals surface area contributed by atoms with Crippen LogP contribution in [0.2, 0.25) is 0 Å². The number of hydrogen-bond acceptors (Lipinski definition) is 2. The molecule has 0 aliphatic heterocycles. The van der Waals surface area contributed by atoms with E-state index in [1.807, 2.05) is 6.07 Å². The minimum atomic E-state index is -0.863. The molecule has 38 heavy (non-hydrogen) atoms. The first kappa shape index (κ1) is 27.9. The molecule has 0 spiro atoms. The molecule has 210 valence electrons. The number of fused-ring (bicyclic) bond motifs is 1. The van der Waals surface area contributed by atoms with Crippen LogP contribution in [0.25, 0.3) is 0 Å². The van der Waals surface area contributed by atoms with E-state index in [0.717, 1.165) is 41.1 Å². The first-order valence-electron chi connectivity index (χ1n) is 15.7. The largest absolute Gasteiger partial charge is 0.478 e. The molecule has 8 aliphatic carbocycles. The molecule has 3 nitrogen and oxygen atoms in total. The van der Waals surface area contributed by atoms with Crippen LogP contribution < -0.4 is 5.73 Å². The predicted molar refractivity (Wildman–Crippen MR) is 157 cm³/mol. The number of aryl methyl sites for hydroxylation is 1. The van der Waals surface area contributed by atoms with Gasteiger partial charge in [0.15, 0.2) is 0 Å². The fourth-order valence-electron chi connectivity index (χ4n) is 11.2. The summed E-state index contributed by atoms with van der Waals surface area (Å²) < 4.78 is 0. The van der Waals surface area contributed by atoms with Crippen LogP contribution in [-0.4, -0.2) is 17.1 Å². The van der Waals surface area contributed by atoms with Gasteiger partial charge in [0.25, 0.3) is 0 Å². The van der Waals surface area contributed by atoms with E-state index in [1.165, 1.54) is 64.2 Å². The molecule has 9 unspecified atom stereocenters. The minimum absolute atomic E-state index is 0.337. The quantitative estimate of drug-likeness (QED) is 0.370. The Balaban J connectivity index is 0.000000249. The fourth-order valence-corrected chi connectivity index (χ4v) is 11.2. The van der Waals surface area contributed by atoms with Crippen LogP contribution in [0.4, 0.5) is 0 Å². The number of carbonyl (C=O) groups is 1. The van der Waals surface area contributed by atoms with E-state index in [-0.39, 0.29) is 0 Å². The highest BCUT2D eigenvalue weighted by Gasteiger charge is 2.71. The summed E-state index contributed by atoms with van der Waals surface area (Å²) >= 11 is 0. The van der Waals surface area contributed by atoms with E-state index in [0.29, 0.717) is 27.9 Å². The van der Waals surface area contributed by atoms with Gasteiger partial charge in [-0.15, -0.1) is 0 Å². The Morgan fingerprint density at radius 1 is 1.00 bits per heavy atom. The molecule has 6 fully saturated rings. The Kier molecular flexibility index (Phi) is 7.42. The van der Waals surface area contributed by atoms with Crippen LogP contribution in [0.3, 0.4) is 0 Å². The van der Waals surface area contributed by atoms with Crippen molar-refractivity contribution in [3.8, 4) is 0 Å². The molecular formula is C35H53NO2. The molecule has 0 aromatic heterocycles. The van der Waals surface area contributed by atoms with E-state index in [2.05, 4.69) is 40.7 Å². The van der Waals surface area contributed by atoms with Crippen molar-refractivity contribution in [1.82, 2.24) is 0 Å². The van der Waals surface area contributed by atoms with Crippen molar-refractivity contribution in [1.29, 1.82) is 0 Å². The molecule has 1 aromatic rings. The predicted octanol–water partition coefficient (Wildman–Crippen LogP) is 8.66. The summed E-state index contributed by atoms with van der Waals surface area (Å²) in [5, 5.41) is 8.57. The lowest BCUT2D eigenvalue weighted by molar-refractivity contribution is -0.0968. The number of rotatable bonds is 6. The van der Waals surface area contributed by atoms with Crippen molar-refractivity contribution in [3.05, 3.63) is 47.0 Å². The summed E-state index contributed by atoms with van der Waals surface area (Å²) in [7, 11) is 0. The lowest BCUT2D eigenvalue weighted by atomic mass is 9.46. The Morgan fingerprint density at radius 3 is 2.34 bits per heavy atom. The number of carboxylic acid groups (broad SMARTS) is 1. The Morgan fingerprint density at radius 2 is 1.68 bits per heavy atom. The van der Waals surface area contributed by atoms with Crippen LogP contribution in [-0.2, 0) is 0 Å². The van der Waals surface area contributed by atoms with Crippen molar-refractivity contribution in [2.75, 3.05) is 0 Å². The van der Waals surface area contributed by atoms with Crippen molar-refractivity contribution < 1.29 is 9.90 Å². The van der Waals surface area contributed by atoms with Gasteiger partial charge >= 0.3 is 5.97 Å². The minimum Gasteiger partial charge on any atom is -0.478 e. The number of benzene rings is 1. The van der Waals surface area contributed by atoms with Crippen LogP contribution in [0.15, 0.2) is 35.9 Å². The zero-order chi connectivity index (χ0) is 27.5. The maximum absolute atomic E-state index is 10.4. The third kappa shape index (κ3) is 4.04. The van der Waals surface area contributed by atoms with Gasteiger partial charge in [-0.2, -0.15) is 0 Å². The van der Waals surface area contributed by atoms with Gasteiger partial charge < -0.3 is 10.8 Å². The van der Waals surface area contributed by atoms with Gasteiger partial charge in [-0.05, 0) is 115 Å². The van der Waals surface area contributed by atoms with Crippen LogP contribution in [0, 0.1) is 58.7 Å². The average Bonchev–Trinajstić information content (AvgIpc) is 3.21. The first-order chi connectivity index (χ1) is 18.0. The van der Waals surface area contributed by atoms with E-state index in [9.17, 15) is 4.79 Å². The van der Waals surface area contributed by atoms with Crippen molar-refractivity contribution in [2.45, 2.75) is 112 Å². The molecule has 6 saturated carbocycles. The number of allylic oxidation sites excluding steroid dienone is 1. The highest BCUT2D eigenvalue weighted by molar-refractivity contribution is 5.89. The smallest absolute Gasteiger partial charge is 0.335 e. The average molecular weight is 520 g/mol. The summed E-state index contributed by atoms with van der Waals surface area (Å²) in [5.41, 5.74) is 11.6. The van der Waals surface area contributed by atoms with Gasteiger partial charge in [-0.1, -0.05) is 83.7 Å². The zero-order valence-electron chi connectivity index (χ0n) is 24.9. The third-order valence-corrected chi connectivity index (χ3v) is 12.9. The Hall–Kier alpha value is -1.61. The second-order valence-corrected chi connectivity index (χ2v) is 14.7. The number of nitrogens with two attached hydrogens (primary N) is 1. The monoisotopic (exact) mass is 519 g/mol. The molecular weight excluding hydrogens is 466 g/mol. The van der Waals surface area contributed by atoms with Crippen LogP contribution >= 0.6 is 0 Å². The molecule has 3 heteroatoms. The molecule has 9 rings (SSSR count). The lowest BCUT2D eigenvalue weighted by Gasteiger charge is -2.58. The summed E-state index contributed by atoms with van der Waals surface area (Å²) in [6.07, 6.45) is 17.0. The molecule has 0 heterocycles. The molecule has 1 aromatic carbocycles. The number of aromatic carboxylic acids is 1. The second-order valence-electron chi connectivity index (χ2n) is 14.7. The zero-order valence-corrected chi connectivity index (χ0v) is 24.9. The molecule has 3 N–H and O–H groups in total. The standard InChI is InChI=1S/C27H45N.C8H8O2/c1-17(2)7-6-8-18(3)27-16-13-21-19-9-10-22-24(28)23(27)11-14-25(22,4)20(19)12-15-26(21,27)5;1-6-4-2-3-5-7(6)8(9)10/h10,17-21,23-24H,6-9,11-16,28H2,1-5H3;2-5H,1H3,(H,9,10). The van der Waals surface area contributed by atoms with Gasteiger partial charge in [0, 0.05) is 6.04 Å². The van der Waals surface area contributed by atoms with Gasteiger partial charge in [0.05, 0.1) is 5.56 Å². The highest BCUT2D eigenvalue weighted by atomic mass is 16.4. The van der Waals surface area contributed by atoms with Crippen LogP contribution in [0.5, 0.6) is 0 Å². The molecule has 9 atom stereocenters. The van der Waals surface area contributed by atoms with Gasteiger partial charge in [0.1, 0.15) is 0 Å². The number of hydrogen-bond donors (Lipinski definition) is 2. The molecule has 8 aliphatic rings. The lowest BCUT2D eigenvalue weighted by Crippen LogP contribution is -2.56. The SMILES string of the molecule is CC(C)CCCC(C)C12CCC3C4CC=C5C(N)C1CCC5(C)C4CCC32C.Cc1ccccc1C(=O)O.